The molecule has 9 nitrogen and oxygen atoms in total. The molecule has 4 heterocycles. The standard InChI is InChI=1S/C24H27N7O2S/c25-23-19(24-29-20-3-1-2-4-21(20)34-24)11-16(12-27-23)17-13-28-31(14-17)18-5-8-30(9-6-18)15-22(33)26-7-10-32/h1-4,11-14,18,32H,5-10,15H2,(H2,25,27)(H,26,33). The van der Waals surface area contributed by atoms with Crippen molar-refractivity contribution in [3.63, 3.8) is 0 Å². The van der Waals surface area contributed by atoms with Crippen LogP contribution < -0.4 is 11.1 Å². The Labute approximate surface area is 201 Å². The topological polar surface area (TPSA) is 122 Å². The summed E-state index contributed by atoms with van der Waals surface area (Å²) in [6.45, 7) is 2.28. The average Bonchev–Trinajstić information content (AvgIpc) is 3.51. The highest BCUT2D eigenvalue weighted by Crippen LogP contribution is 2.35. The van der Waals surface area contributed by atoms with Gasteiger partial charge in [0, 0.05) is 43.2 Å². The van der Waals surface area contributed by atoms with Crippen molar-refractivity contribution in [2.24, 2.45) is 0 Å². The molecule has 0 spiro atoms. The van der Waals surface area contributed by atoms with Gasteiger partial charge in [-0.2, -0.15) is 5.10 Å². The smallest absolute Gasteiger partial charge is 0.234 e. The summed E-state index contributed by atoms with van der Waals surface area (Å²) in [5, 5.41) is 17.0. The zero-order valence-corrected chi connectivity index (χ0v) is 19.5. The number of hydrogen-bond donors (Lipinski definition) is 3. The van der Waals surface area contributed by atoms with Crippen molar-refractivity contribution >= 4 is 33.3 Å². The molecule has 4 aromatic rings. The summed E-state index contributed by atoms with van der Waals surface area (Å²) in [6, 6.07) is 10.4. The molecule has 1 amide bonds. The van der Waals surface area contributed by atoms with Crippen LogP contribution in [-0.2, 0) is 4.79 Å². The number of thiazole rings is 1. The Kier molecular flexibility index (Phi) is 6.52. The van der Waals surface area contributed by atoms with Gasteiger partial charge in [0.25, 0.3) is 0 Å². The Balaban J connectivity index is 1.28. The van der Waals surface area contributed by atoms with Gasteiger partial charge in [-0.05, 0) is 31.0 Å². The Morgan fingerprint density at radius 2 is 2.03 bits per heavy atom. The van der Waals surface area contributed by atoms with Crippen LogP contribution in [0, 0.1) is 0 Å². The number of nitrogens with one attached hydrogen (secondary N) is 1. The average molecular weight is 478 g/mol. The second kappa shape index (κ2) is 9.88. The number of fused-ring (bicyclic) bond motifs is 1. The van der Waals surface area contributed by atoms with E-state index < -0.39 is 0 Å². The zero-order chi connectivity index (χ0) is 23.5. The van der Waals surface area contributed by atoms with E-state index >= 15 is 0 Å². The summed E-state index contributed by atoms with van der Waals surface area (Å²) in [4.78, 5) is 23.2. The Bertz CT molecular complexity index is 1260. The minimum atomic E-state index is -0.0475. The molecule has 1 aliphatic heterocycles. The van der Waals surface area contributed by atoms with Crippen molar-refractivity contribution in [2.75, 3.05) is 38.5 Å². The molecule has 0 unspecified atom stereocenters. The van der Waals surface area contributed by atoms with Gasteiger partial charge in [0.1, 0.15) is 10.8 Å². The minimum absolute atomic E-state index is 0.0406. The van der Waals surface area contributed by atoms with Gasteiger partial charge in [0.2, 0.25) is 5.91 Å². The van der Waals surface area contributed by atoms with Gasteiger partial charge in [-0.15, -0.1) is 11.3 Å². The van der Waals surface area contributed by atoms with E-state index in [4.69, 9.17) is 15.8 Å². The first-order valence-electron chi connectivity index (χ1n) is 11.4. The van der Waals surface area contributed by atoms with Gasteiger partial charge >= 0.3 is 0 Å². The van der Waals surface area contributed by atoms with Gasteiger partial charge in [-0.1, -0.05) is 12.1 Å². The lowest BCUT2D eigenvalue weighted by Crippen LogP contribution is -2.42. The van der Waals surface area contributed by atoms with Crippen LogP contribution in [0.1, 0.15) is 18.9 Å². The van der Waals surface area contributed by atoms with Crippen molar-refractivity contribution in [3.8, 4) is 21.7 Å². The van der Waals surface area contributed by atoms with Crippen molar-refractivity contribution in [1.29, 1.82) is 0 Å². The number of carbonyl (C=O) groups excluding carboxylic acids is 1. The Hall–Kier alpha value is -3.34. The number of anilines is 1. The maximum Gasteiger partial charge on any atom is 0.234 e. The lowest BCUT2D eigenvalue weighted by molar-refractivity contribution is -0.122. The van der Waals surface area contributed by atoms with Gasteiger partial charge in [0.05, 0.1) is 41.2 Å². The van der Waals surface area contributed by atoms with Crippen molar-refractivity contribution < 1.29 is 9.90 Å². The summed E-state index contributed by atoms with van der Waals surface area (Å²) >= 11 is 1.61. The van der Waals surface area contributed by atoms with E-state index in [-0.39, 0.29) is 18.6 Å². The molecule has 1 fully saturated rings. The number of rotatable bonds is 7. The number of pyridine rings is 1. The van der Waals surface area contributed by atoms with E-state index in [2.05, 4.69) is 32.6 Å². The number of nitrogens with two attached hydrogens (primary N) is 1. The fourth-order valence-corrected chi connectivity index (χ4v) is 5.27. The molecule has 0 radical (unpaired) electrons. The lowest BCUT2D eigenvalue weighted by Gasteiger charge is -2.31. The van der Waals surface area contributed by atoms with Crippen LogP contribution in [0.3, 0.4) is 0 Å². The summed E-state index contributed by atoms with van der Waals surface area (Å²) in [6.07, 6.45) is 7.55. The molecule has 1 aromatic carbocycles. The summed E-state index contributed by atoms with van der Waals surface area (Å²) in [7, 11) is 0. The Morgan fingerprint density at radius 3 is 2.82 bits per heavy atom. The number of aliphatic hydroxyl groups is 1. The molecule has 0 aliphatic carbocycles. The van der Waals surface area contributed by atoms with Crippen LogP contribution in [0.2, 0.25) is 0 Å². The number of likely N-dealkylation sites (tertiary alicyclic amines) is 1. The van der Waals surface area contributed by atoms with Gasteiger partial charge in [-0.3, -0.25) is 14.4 Å². The number of hydrogen-bond acceptors (Lipinski definition) is 8. The summed E-state index contributed by atoms with van der Waals surface area (Å²) in [5.41, 5.74) is 9.93. The number of para-hydroxylation sites is 1. The SMILES string of the molecule is Nc1ncc(-c2cnn(C3CCN(CC(=O)NCCO)CC3)c2)cc1-c1nc2ccccc2s1. The molecular formula is C24H27N7O2S. The summed E-state index contributed by atoms with van der Waals surface area (Å²) < 4.78 is 3.14. The van der Waals surface area contributed by atoms with E-state index in [1.807, 2.05) is 35.1 Å². The molecule has 5 rings (SSSR count). The first-order chi connectivity index (χ1) is 16.6. The molecule has 1 aliphatic rings. The highest BCUT2D eigenvalue weighted by molar-refractivity contribution is 7.21. The zero-order valence-electron chi connectivity index (χ0n) is 18.7. The molecular weight excluding hydrogens is 450 g/mol. The van der Waals surface area contributed by atoms with Crippen molar-refractivity contribution in [2.45, 2.75) is 18.9 Å². The number of nitrogen functional groups attached to an aromatic ring is 1. The predicted octanol–water partition coefficient (Wildman–Crippen LogP) is 2.55. The Morgan fingerprint density at radius 1 is 1.21 bits per heavy atom. The molecule has 34 heavy (non-hydrogen) atoms. The number of aromatic nitrogens is 4. The largest absolute Gasteiger partial charge is 0.395 e. The van der Waals surface area contributed by atoms with Gasteiger partial charge in [-0.25, -0.2) is 9.97 Å². The molecule has 4 N–H and O–H groups in total. The van der Waals surface area contributed by atoms with E-state index in [1.165, 1.54) is 0 Å². The molecule has 10 heteroatoms. The molecule has 176 valence electrons. The second-order valence-electron chi connectivity index (χ2n) is 8.43. The normalized spacial score (nSPS) is 15.1. The van der Waals surface area contributed by atoms with Crippen molar-refractivity contribution in [3.05, 3.63) is 48.9 Å². The highest BCUT2D eigenvalue weighted by Gasteiger charge is 2.23. The highest BCUT2D eigenvalue weighted by atomic mass is 32.1. The number of nitrogens with zero attached hydrogens (tertiary/aromatic N) is 5. The van der Waals surface area contributed by atoms with E-state index in [9.17, 15) is 4.79 Å². The molecule has 0 saturated carbocycles. The van der Waals surface area contributed by atoms with Crippen molar-refractivity contribution in [1.82, 2.24) is 30.0 Å². The van der Waals surface area contributed by atoms with Crippen LogP contribution in [0.15, 0.2) is 48.9 Å². The number of benzene rings is 1. The number of aliphatic hydroxyl groups excluding tert-OH is 1. The molecule has 1 saturated heterocycles. The quantitative estimate of drug-likeness (QED) is 0.374. The minimum Gasteiger partial charge on any atom is -0.395 e. The number of carbonyl (C=O) groups is 1. The monoisotopic (exact) mass is 477 g/mol. The first-order valence-corrected chi connectivity index (χ1v) is 12.2. The third-order valence-corrected chi connectivity index (χ3v) is 7.18. The third kappa shape index (κ3) is 4.79. The fourth-order valence-electron chi connectivity index (χ4n) is 4.28. The van der Waals surface area contributed by atoms with Gasteiger partial charge < -0.3 is 16.2 Å². The number of piperidine rings is 1. The molecule has 0 atom stereocenters. The van der Waals surface area contributed by atoms with E-state index in [1.54, 1.807) is 17.5 Å². The van der Waals surface area contributed by atoms with Crippen LogP contribution in [0.5, 0.6) is 0 Å². The van der Waals surface area contributed by atoms with Crippen LogP contribution in [-0.4, -0.2) is 68.4 Å². The molecule has 0 bridgehead atoms. The summed E-state index contributed by atoms with van der Waals surface area (Å²) in [5.74, 6) is 0.416. The van der Waals surface area contributed by atoms with Crippen LogP contribution in [0.25, 0.3) is 31.9 Å². The van der Waals surface area contributed by atoms with E-state index in [0.717, 1.165) is 57.8 Å². The predicted molar refractivity (Wildman–Crippen MR) is 133 cm³/mol. The maximum absolute atomic E-state index is 11.9. The van der Waals surface area contributed by atoms with Crippen LogP contribution in [0.4, 0.5) is 5.82 Å². The van der Waals surface area contributed by atoms with Crippen LogP contribution >= 0.6 is 11.3 Å². The molecule has 3 aromatic heterocycles. The van der Waals surface area contributed by atoms with E-state index in [0.29, 0.717) is 18.9 Å². The van der Waals surface area contributed by atoms with Gasteiger partial charge in [0.15, 0.2) is 0 Å². The fraction of sp³-hybridized carbons (Fsp3) is 0.333. The maximum atomic E-state index is 11.9. The lowest BCUT2D eigenvalue weighted by atomic mass is 10.0. The first kappa shape index (κ1) is 22.5. The third-order valence-electron chi connectivity index (χ3n) is 6.11. The number of amides is 1. The second-order valence-corrected chi connectivity index (χ2v) is 9.46.